The Balaban J connectivity index is 2.14. The molecule has 2 N–H and O–H groups in total. The molecule has 0 aliphatic heterocycles. The molecule has 1 aromatic carbocycles. The van der Waals surface area contributed by atoms with Crippen molar-refractivity contribution < 1.29 is 9.21 Å². The van der Waals surface area contributed by atoms with Crippen molar-refractivity contribution in [2.24, 2.45) is 0 Å². The molecule has 0 aliphatic carbocycles. The predicted molar refractivity (Wildman–Crippen MR) is 75.3 cm³/mol. The lowest BCUT2D eigenvalue weighted by atomic mass is 10.1. The Labute approximate surface area is 112 Å². The monoisotopic (exact) mass is 258 g/mol. The molecular formula is C15H18N2O2. The maximum absolute atomic E-state index is 12.1. The molecule has 1 amide bonds. The summed E-state index contributed by atoms with van der Waals surface area (Å²) in [5.41, 5.74) is 3.03. The minimum Gasteiger partial charge on any atom is -0.455 e. The standard InChI is InChI=1S/C15H18N2O2/c1-10-5-4-6-13(11(10)2)17-15(18)14-8-7-12(19-14)9-16-3/h4-8,16H,9H2,1-3H3,(H,17,18). The van der Waals surface area contributed by atoms with E-state index in [9.17, 15) is 4.79 Å². The number of aryl methyl sites for hydroxylation is 1. The van der Waals surface area contributed by atoms with Crippen molar-refractivity contribution in [2.75, 3.05) is 12.4 Å². The van der Waals surface area contributed by atoms with Gasteiger partial charge in [0.25, 0.3) is 5.91 Å². The zero-order chi connectivity index (χ0) is 13.8. The van der Waals surface area contributed by atoms with E-state index >= 15 is 0 Å². The third kappa shape index (κ3) is 3.03. The molecule has 0 spiro atoms. The molecule has 0 saturated carbocycles. The number of hydrogen-bond donors (Lipinski definition) is 2. The van der Waals surface area contributed by atoms with E-state index < -0.39 is 0 Å². The first kappa shape index (κ1) is 13.4. The molecule has 0 fully saturated rings. The zero-order valence-corrected chi connectivity index (χ0v) is 11.4. The van der Waals surface area contributed by atoms with E-state index in [1.54, 1.807) is 12.1 Å². The lowest BCUT2D eigenvalue weighted by Gasteiger charge is -2.09. The second-order valence-corrected chi connectivity index (χ2v) is 4.50. The van der Waals surface area contributed by atoms with E-state index in [4.69, 9.17) is 4.42 Å². The van der Waals surface area contributed by atoms with Crippen molar-refractivity contribution in [3.63, 3.8) is 0 Å². The van der Waals surface area contributed by atoms with Gasteiger partial charge in [-0.1, -0.05) is 12.1 Å². The van der Waals surface area contributed by atoms with Crippen LogP contribution in [0.2, 0.25) is 0 Å². The first-order valence-corrected chi connectivity index (χ1v) is 6.22. The van der Waals surface area contributed by atoms with Gasteiger partial charge < -0.3 is 15.1 Å². The third-order valence-electron chi connectivity index (χ3n) is 3.09. The van der Waals surface area contributed by atoms with Crippen LogP contribution in [0.3, 0.4) is 0 Å². The van der Waals surface area contributed by atoms with Crippen LogP contribution >= 0.6 is 0 Å². The SMILES string of the molecule is CNCc1ccc(C(=O)Nc2cccc(C)c2C)o1. The van der Waals surface area contributed by atoms with Gasteiger partial charge >= 0.3 is 0 Å². The van der Waals surface area contributed by atoms with Gasteiger partial charge in [0.05, 0.1) is 6.54 Å². The lowest BCUT2D eigenvalue weighted by Crippen LogP contribution is -2.12. The minimum atomic E-state index is -0.226. The van der Waals surface area contributed by atoms with Crippen LogP contribution < -0.4 is 10.6 Å². The molecule has 0 unspecified atom stereocenters. The average molecular weight is 258 g/mol. The summed E-state index contributed by atoms with van der Waals surface area (Å²) in [7, 11) is 1.83. The second-order valence-electron chi connectivity index (χ2n) is 4.50. The summed E-state index contributed by atoms with van der Waals surface area (Å²) >= 11 is 0. The fourth-order valence-electron chi connectivity index (χ4n) is 1.84. The molecule has 4 heteroatoms. The molecule has 0 aliphatic rings. The largest absolute Gasteiger partial charge is 0.455 e. The van der Waals surface area contributed by atoms with Crippen molar-refractivity contribution >= 4 is 11.6 Å². The Morgan fingerprint density at radius 2 is 2.00 bits per heavy atom. The van der Waals surface area contributed by atoms with E-state index in [1.807, 2.05) is 39.1 Å². The second kappa shape index (κ2) is 5.71. The Hall–Kier alpha value is -2.07. The molecule has 19 heavy (non-hydrogen) atoms. The number of amides is 1. The van der Waals surface area contributed by atoms with Crippen LogP contribution in [-0.4, -0.2) is 13.0 Å². The van der Waals surface area contributed by atoms with Gasteiger partial charge in [-0.25, -0.2) is 0 Å². The normalized spacial score (nSPS) is 10.5. The quantitative estimate of drug-likeness (QED) is 0.886. The minimum absolute atomic E-state index is 0.226. The van der Waals surface area contributed by atoms with E-state index in [1.165, 1.54) is 0 Å². The van der Waals surface area contributed by atoms with Gasteiger partial charge in [0.1, 0.15) is 5.76 Å². The van der Waals surface area contributed by atoms with Gasteiger partial charge in [-0.3, -0.25) is 4.79 Å². The molecule has 1 heterocycles. The molecule has 0 bridgehead atoms. The van der Waals surface area contributed by atoms with Crippen molar-refractivity contribution in [1.82, 2.24) is 5.32 Å². The van der Waals surface area contributed by atoms with Crippen molar-refractivity contribution in [3.05, 3.63) is 53.0 Å². The highest BCUT2D eigenvalue weighted by Crippen LogP contribution is 2.19. The number of anilines is 1. The van der Waals surface area contributed by atoms with Crippen LogP contribution in [0.5, 0.6) is 0 Å². The van der Waals surface area contributed by atoms with Crippen molar-refractivity contribution in [2.45, 2.75) is 20.4 Å². The molecule has 0 atom stereocenters. The third-order valence-corrected chi connectivity index (χ3v) is 3.09. The van der Waals surface area contributed by atoms with Crippen molar-refractivity contribution in [1.29, 1.82) is 0 Å². The maximum Gasteiger partial charge on any atom is 0.291 e. The highest BCUT2D eigenvalue weighted by atomic mass is 16.4. The molecule has 2 aromatic rings. The summed E-state index contributed by atoms with van der Waals surface area (Å²) in [6.07, 6.45) is 0. The first-order chi connectivity index (χ1) is 9.11. The number of hydrogen-bond acceptors (Lipinski definition) is 3. The highest BCUT2D eigenvalue weighted by molar-refractivity contribution is 6.02. The van der Waals surface area contributed by atoms with Gasteiger partial charge in [0, 0.05) is 5.69 Å². The molecule has 100 valence electrons. The number of carbonyl (C=O) groups is 1. The molecule has 0 saturated heterocycles. The van der Waals surface area contributed by atoms with Gasteiger partial charge in [0.2, 0.25) is 0 Å². The van der Waals surface area contributed by atoms with Gasteiger partial charge in [-0.2, -0.15) is 0 Å². The Kier molecular flexibility index (Phi) is 4.02. The van der Waals surface area contributed by atoms with E-state index in [2.05, 4.69) is 10.6 Å². The number of benzene rings is 1. The van der Waals surface area contributed by atoms with Crippen LogP contribution in [0.25, 0.3) is 0 Å². The molecule has 4 nitrogen and oxygen atoms in total. The van der Waals surface area contributed by atoms with E-state index in [0.29, 0.717) is 12.3 Å². The van der Waals surface area contributed by atoms with Gasteiger partial charge in [-0.05, 0) is 50.2 Å². The highest BCUT2D eigenvalue weighted by Gasteiger charge is 2.12. The molecular weight excluding hydrogens is 240 g/mol. The van der Waals surface area contributed by atoms with Crippen LogP contribution in [0.4, 0.5) is 5.69 Å². The lowest BCUT2D eigenvalue weighted by molar-refractivity contribution is 0.0994. The van der Waals surface area contributed by atoms with Crippen LogP contribution in [0, 0.1) is 13.8 Å². The summed E-state index contributed by atoms with van der Waals surface area (Å²) in [4.78, 5) is 12.1. The first-order valence-electron chi connectivity index (χ1n) is 6.22. The van der Waals surface area contributed by atoms with Crippen LogP contribution in [0.1, 0.15) is 27.4 Å². The molecule has 1 aromatic heterocycles. The topological polar surface area (TPSA) is 54.3 Å². The number of rotatable bonds is 4. The van der Waals surface area contributed by atoms with Crippen molar-refractivity contribution in [3.8, 4) is 0 Å². The molecule has 0 radical (unpaired) electrons. The number of carbonyl (C=O) groups excluding carboxylic acids is 1. The Bertz CT molecular complexity index is 588. The fourth-order valence-corrected chi connectivity index (χ4v) is 1.84. The Morgan fingerprint density at radius 1 is 1.21 bits per heavy atom. The van der Waals surface area contributed by atoms with Gasteiger partial charge in [0.15, 0.2) is 5.76 Å². The molecule has 2 rings (SSSR count). The van der Waals surface area contributed by atoms with E-state index in [-0.39, 0.29) is 5.91 Å². The van der Waals surface area contributed by atoms with E-state index in [0.717, 1.165) is 22.6 Å². The Morgan fingerprint density at radius 3 is 2.74 bits per heavy atom. The maximum atomic E-state index is 12.1. The van der Waals surface area contributed by atoms with Gasteiger partial charge in [-0.15, -0.1) is 0 Å². The number of nitrogens with one attached hydrogen (secondary N) is 2. The number of furan rings is 1. The van der Waals surface area contributed by atoms with Crippen LogP contribution in [0.15, 0.2) is 34.7 Å². The smallest absolute Gasteiger partial charge is 0.291 e. The average Bonchev–Trinajstić information content (AvgIpc) is 2.84. The van der Waals surface area contributed by atoms with Crippen LogP contribution in [-0.2, 0) is 6.54 Å². The summed E-state index contributed by atoms with van der Waals surface area (Å²) in [5, 5.41) is 5.85. The predicted octanol–water partition coefficient (Wildman–Crippen LogP) is 2.87. The summed E-state index contributed by atoms with van der Waals surface area (Å²) in [6, 6.07) is 9.31. The fraction of sp³-hybridized carbons (Fsp3) is 0.267. The summed E-state index contributed by atoms with van der Waals surface area (Å²) in [6.45, 7) is 4.61. The summed E-state index contributed by atoms with van der Waals surface area (Å²) in [5.74, 6) is 0.843. The zero-order valence-electron chi connectivity index (χ0n) is 11.4. The summed E-state index contributed by atoms with van der Waals surface area (Å²) < 4.78 is 5.45.